The number of carbonyl (C=O) groups is 8. The van der Waals surface area contributed by atoms with Gasteiger partial charge in [0.05, 0.1) is 75.7 Å². The zero-order chi connectivity index (χ0) is 70.4. The number of nitrogens with zero attached hydrogens (tertiary/aromatic N) is 3. The largest absolute Gasteiger partial charge is 0.497 e. The van der Waals surface area contributed by atoms with Crippen molar-refractivity contribution in [2.75, 3.05) is 76.3 Å². The quantitative estimate of drug-likeness (QED) is 0.0237. The van der Waals surface area contributed by atoms with Crippen molar-refractivity contribution in [3.05, 3.63) is 172 Å². The van der Waals surface area contributed by atoms with Gasteiger partial charge in [0, 0.05) is 66.6 Å². The molecule has 25 heteroatoms. The molecular formula is C75H79N9O16. The molecule has 0 radical (unpaired) electrons. The molecule has 0 aromatic heterocycles. The summed E-state index contributed by atoms with van der Waals surface area (Å²) in [6.07, 6.45) is 1.59. The lowest BCUT2D eigenvalue weighted by atomic mass is 9.92. The molecule has 2 aliphatic carbocycles. The molecule has 1 unspecified atom stereocenters. The van der Waals surface area contributed by atoms with Gasteiger partial charge < -0.3 is 80.0 Å². The second-order valence-electron chi connectivity index (χ2n) is 25.9. The van der Waals surface area contributed by atoms with Gasteiger partial charge in [-0.05, 0) is 115 Å². The zero-order valence-electron chi connectivity index (χ0n) is 56.3. The Morgan fingerprint density at radius 3 is 2.10 bits per heavy atom. The lowest BCUT2D eigenvalue weighted by Gasteiger charge is -2.31. The van der Waals surface area contributed by atoms with Crippen LogP contribution in [0.5, 0.6) is 28.7 Å². The monoisotopic (exact) mass is 1360 g/mol. The van der Waals surface area contributed by atoms with Crippen molar-refractivity contribution in [3.63, 3.8) is 0 Å². The number of anilines is 3. The molecule has 2 fully saturated rings. The number of nitrogens with one attached hydrogen (secondary N) is 6. The van der Waals surface area contributed by atoms with Crippen LogP contribution in [-0.2, 0) is 41.7 Å². The third-order valence-electron chi connectivity index (χ3n) is 18.8. The minimum Gasteiger partial charge on any atom is -0.497 e. The van der Waals surface area contributed by atoms with Crippen LogP contribution in [0.25, 0.3) is 5.57 Å². The zero-order valence-corrected chi connectivity index (χ0v) is 56.3. The molecule has 1 spiro atoms. The molecule has 1 saturated carbocycles. The van der Waals surface area contributed by atoms with E-state index in [2.05, 4.69) is 43.7 Å². The number of benzene rings is 6. The van der Waals surface area contributed by atoms with Crippen LogP contribution in [0.4, 0.5) is 26.7 Å². The standard InChI is InChI=1S/C75H79N9O16/c1-43(2)67(81-66(86)39-77-65(85)38-78-73(92)100-60-31-49-14-8-7-12-46(49)18-19-48-13-9-10-15-54(48)60)69(88)79-44(3)68(87)80-51-22-16-45(17-23-51)41-99-74(93)84-58-35-64(62(96-6)33-56(58)71(90)83-42-75(26-27-75)36-59(83)72(84)91)98-29-11-28-97-63-34-57-55(32-61(63)95-5)70(89)82-40-50(30-52(82)37-76-57)47-20-24-53(94-4)25-21-47/h7-10,12-17,20-25,32-35,40,43-44,52,59-60,67,72,76,91H,11,26-31,36-39,41-42H2,1-6H3,(H,77,85)(H,78,92)(H,79,88)(H,80,87)(H,81,86)/t44-,52-,59-,60?,67-,72-/m0/s1. The number of aliphatic hydroxyl groups excluding tert-OH is 1. The first kappa shape index (κ1) is 68.7. The third-order valence-corrected chi connectivity index (χ3v) is 18.8. The summed E-state index contributed by atoms with van der Waals surface area (Å²) in [6.45, 7) is 4.79. The second-order valence-corrected chi connectivity index (χ2v) is 25.9. The predicted octanol–water partition coefficient (Wildman–Crippen LogP) is 7.83. The highest BCUT2D eigenvalue weighted by Crippen LogP contribution is 2.57. The average molecular weight is 1360 g/mol. The summed E-state index contributed by atoms with van der Waals surface area (Å²) < 4.78 is 41.0. The maximum atomic E-state index is 14.5. The molecule has 25 nitrogen and oxygen atoms in total. The molecule has 6 aromatic rings. The van der Waals surface area contributed by atoms with Crippen LogP contribution in [0.1, 0.15) is 113 Å². The SMILES string of the molecule is COc1ccc(C2=CN3C(=O)c4cc(OC)c(OCCCOc5cc6c(cc5OC)C(=O)N5CC7(CC7)C[C@H]5[C@H](O)N6C(=O)OCc5ccc(NC(=O)[C@H](C)NC(=O)[C@@H](NC(=O)CNC(=O)CNC(=O)OC6Cc7ccccc7C#Cc7ccccc76)C(C)C)cc5)cc4NC[C@@H]3C2)cc1. The molecule has 1 saturated heterocycles. The van der Waals surface area contributed by atoms with Crippen LogP contribution >= 0.6 is 0 Å². The van der Waals surface area contributed by atoms with Crippen molar-refractivity contribution in [1.82, 2.24) is 31.1 Å². The van der Waals surface area contributed by atoms with E-state index in [9.17, 15) is 43.5 Å². The van der Waals surface area contributed by atoms with Crippen molar-refractivity contribution in [1.29, 1.82) is 0 Å². The lowest BCUT2D eigenvalue weighted by molar-refractivity contribution is -0.132. The first-order valence-corrected chi connectivity index (χ1v) is 33.3. The number of ether oxygens (including phenoxy) is 7. The van der Waals surface area contributed by atoms with Gasteiger partial charge in [0.15, 0.2) is 29.2 Å². The summed E-state index contributed by atoms with van der Waals surface area (Å²) in [6, 6.07) is 32.5. The van der Waals surface area contributed by atoms with Gasteiger partial charge in [-0.25, -0.2) is 14.5 Å². The van der Waals surface area contributed by atoms with Crippen LogP contribution in [0.15, 0.2) is 128 Å². The van der Waals surface area contributed by atoms with E-state index in [0.717, 1.165) is 51.3 Å². The Bertz CT molecular complexity index is 4260. The van der Waals surface area contributed by atoms with Gasteiger partial charge in [-0.1, -0.05) is 86.4 Å². The second kappa shape index (κ2) is 29.8. The Morgan fingerprint density at radius 2 is 1.39 bits per heavy atom. The Balaban J connectivity index is 0.619. The normalized spacial score (nSPS) is 18.6. The molecule has 6 atom stereocenters. The molecule has 7 N–H and O–H groups in total. The van der Waals surface area contributed by atoms with Crippen molar-refractivity contribution in [3.8, 4) is 40.6 Å². The summed E-state index contributed by atoms with van der Waals surface area (Å²) in [5.41, 5.74) is 7.16. The highest BCUT2D eigenvalue weighted by Gasteiger charge is 2.58. The minimum atomic E-state index is -1.50. The van der Waals surface area contributed by atoms with Crippen LogP contribution in [0.3, 0.4) is 0 Å². The van der Waals surface area contributed by atoms with Gasteiger partial charge in [0.1, 0.15) is 37.1 Å². The van der Waals surface area contributed by atoms with E-state index in [1.807, 2.05) is 79.0 Å². The van der Waals surface area contributed by atoms with Crippen molar-refractivity contribution in [2.45, 2.75) is 102 Å². The number of rotatable bonds is 23. The van der Waals surface area contributed by atoms with E-state index < -0.39 is 85.3 Å². The molecule has 4 heterocycles. The molecule has 6 aliphatic rings. The van der Waals surface area contributed by atoms with Crippen molar-refractivity contribution < 1.29 is 76.6 Å². The Labute approximate surface area is 578 Å². The van der Waals surface area contributed by atoms with Crippen LogP contribution in [0.2, 0.25) is 0 Å². The fraction of sp³-hybridized carbons (Fsp3) is 0.360. The smallest absolute Gasteiger partial charge is 0.416 e. The van der Waals surface area contributed by atoms with E-state index in [4.69, 9.17) is 33.2 Å². The van der Waals surface area contributed by atoms with E-state index >= 15 is 0 Å². The molecule has 4 aliphatic heterocycles. The number of amides is 8. The molecule has 100 heavy (non-hydrogen) atoms. The number of fused-ring (bicyclic) bond motifs is 6. The van der Waals surface area contributed by atoms with E-state index in [-0.39, 0.29) is 65.8 Å². The summed E-state index contributed by atoms with van der Waals surface area (Å²) in [5, 5.41) is 28.5. The number of hydrogen-bond donors (Lipinski definition) is 7. The molecule has 8 amide bonds. The highest BCUT2D eigenvalue weighted by atomic mass is 16.6. The molecule has 12 rings (SSSR count). The van der Waals surface area contributed by atoms with E-state index in [0.29, 0.717) is 78.3 Å². The Morgan fingerprint density at radius 1 is 0.710 bits per heavy atom. The van der Waals surface area contributed by atoms with Crippen LogP contribution < -0.4 is 60.5 Å². The third kappa shape index (κ3) is 15.2. The lowest BCUT2D eigenvalue weighted by Crippen LogP contribution is -2.55. The van der Waals surface area contributed by atoms with E-state index in [1.54, 1.807) is 67.2 Å². The summed E-state index contributed by atoms with van der Waals surface area (Å²) >= 11 is 0. The first-order chi connectivity index (χ1) is 48.3. The number of carbonyl (C=O) groups excluding carboxylic acids is 8. The fourth-order valence-corrected chi connectivity index (χ4v) is 13.1. The maximum Gasteiger partial charge on any atom is 0.416 e. The fourth-order valence-electron chi connectivity index (χ4n) is 13.1. The topological polar surface area (TPSA) is 303 Å². The van der Waals surface area contributed by atoms with Gasteiger partial charge in [-0.2, -0.15) is 0 Å². The predicted molar refractivity (Wildman–Crippen MR) is 368 cm³/mol. The van der Waals surface area contributed by atoms with Gasteiger partial charge >= 0.3 is 12.2 Å². The molecular weight excluding hydrogens is 1280 g/mol. The highest BCUT2D eigenvalue weighted by molar-refractivity contribution is 6.06. The summed E-state index contributed by atoms with van der Waals surface area (Å²) in [7, 11) is 4.57. The number of methoxy groups -OCH3 is 3. The van der Waals surface area contributed by atoms with Crippen molar-refractivity contribution in [2.24, 2.45) is 11.3 Å². The number of alkyl carbamates (subject to hydrolysis) is 1. The van der Waals surface area contributed by atoms with Crippen LogP contribution in [0, 0.1) is 23.2 Å². The Kier molecular flexibility index (Phi) is 20.5. The van der Waals surface area contributed by atoms with E-state index in [1.165, 1.54) is 33.3 Å². The van der Waals surface area contributed by atoms with Crippen LogP contribution in [-0.4, -0.2) is 154 Å². The van der Waals surface area contributed by atoms with Gasteiger partial charge in [-0.3, -0.25) is 28.8 Å². The number of aliphatic hydroxyl groups is 1. The number of hydrogen-bond acceptors (Lipinski definition) is 17. The van der Waals surface area contributed by atoms with Gasteiger partial charge in [-0.15, -0.1) is 0 Å². The summed E-state index contributed by atoms with van der Waals surface area (Å²) in [4.78, 5) is 113. The minimum absolute atomic E-state index is 0.0609. The first-order valence-electron chi connectivity index (χ1n) is 33.3. The van der Waals surface area contributed by atoms with Gasteiger partial charge in [0.2, 0.25) is 23.6 Å². The maximum absolute atomic E-state index is 14.5. The van der Waals surface area contributed by atoms with Gasteiger partial charge in [0.25, 0.3) is 11.8 Å². The molecule has 520 valence electrons. The van der Waals surface area contributed by atoms with Crippen molar-refractivity contribution >= 4 is 70.3 Å². The summed E-state index contributed by atoms with van der Waals surface area (Å²) in [5.74, 6) is 4.70. The molecule has 0 bridgehead atoms. The molecule has 6 aromatic carbocycles. The average Bonchev–Trinajstić information content (AvgIpc) is 1.56. The Hall–Kier alpha value is -11.3.